The van der Waals surface area contributed by atoms with Crippen LogP contribution in [-0.2, 0) is 11.2 Å². The first-order valence-corrected chi connectivity index (χ1v) is 7.32. The summed E-state index contributed by atoms with van der Waals surface area (Å²) in [5.41, 5.74) is 0.589. The summed E-state index contributed by atoms with van der Waals surface area (Å²) in [6, 6.07) is 4.26. The second-order valence-electron chi connectivity index (χ2n) is 5.25. The zero-order valence-corrected chi connectivity index (χ0v) is 12.1. The highest BCUT2D eigenvalue weighted by atomic mass is 35.5. The molecule has 1 heterocycles. The fourth-order valence-electron chi connectivity index (χ4n) is 2.57. The van der Waals surface area contributed by atoms with Crippen molar-refractivity contribution in [2.24, 2.45) is 5.92 Å². The molecule has 0 radical (unpaired) electrons. The highest BCUT2D eigenvalue weighted by molar-refractivity contribution is 6.31. The van der Waals surface area contributed by atoms with Gasteiger partial charge in [-0.25, -0.2) is 4.39 Å². The van der Waals surface area contributed by atoms with E-state index in [1.54, 1.807) is 6.07 Å². The molecular formula is C15H14ClFN2O2. The molecule has 6 heteroatoms. The predicted molar refractivity (Wildman–Crippen MR) is 75.4 cm³/mol. The highest BCUT2D eigenvalue weighted by Gasteiger charge is 2.24. The van der Waals surface area contributed by atoms with Crippen LogP contribution in [0.5, 0.6) is 0 Å². The molecule has 1 aliphatic rings. The molecule has 0 spiro atoms. The minimum atomic E-state index is -0.489. The molecule has 0 aliphatic heterocycles. The summed E-state index contributed by atoms with van der Waals surface area (Å²) in [6.07, 6.45) is 4.02. The van der Waals surface area contributed by atoms with Gasteiger partial charge < -0.3 is 4.52 Å². The number of carbonyl (C=O) groups is 1. The summed E-state index contributed by atoms with van der Waals surface area (Å²) in [6.45, 7) is 0. The van der Waals surface area contributed by atoms with Gasteiger partial charge in [-0.2, -0.15) is 4.98 Å². The van der Waals surface area contributed by atoms with Gasteiger partial charge in [0.25, 0.3) is 0 Å². The fourth-order valence-corrected chi connectivity index (χ4v) is 2.75. The zero-order valence-electron chi connectivity index (χ0n) is 11.3. The number of carbonyl (C=O) groups excluding carboxylic acids is 1. The van der Waals surface area contributed by atoms with Crippen LogP contribution in [0.1, 0.15) is 31.6 Å². The third-order valence-corrected chi connectivity index (χ3v) is 4.04. The molecule has 1 aromatic carbocycles. The van der Waals surface area contributed by atoms with Crippen molar-refractivity contribution in [3.8, 4) is 11.4 Å². The average molecular weight is 309 g/mol. The lowest BCUT2D eigenvalue weighted by molar-refractivity contribution is -0.124. The molecule has 1 saturated carbocycles. The van der Waals surface area contributed by atoms with E-state index in [-0.39, 0.29) is 16.7 Å². The Bertz CT molecular complexity index is 671. The number of aromatic nitrogens is 2. The van der Waals surface area contributed by atoms with Gasteiger partial charge in [-0.3, -0.25) is 4.79 Å². The second-order valence-corrected chi connectivity index (χ2v) is 5.66. The SMILES string of the molecule is O=C1CCCCC1Cc1nc(-c2ccc(F)c(Cl)c2)no1. The zero-order chi connectivity index (χ0) is 14.8. The molecule has 1 aliphatic carbocycles. The lowest BCUT2D eigenvalue weighted by Gasteiger charge is -2.18. The van der Waals surface area contributed by atoms with Gasteiger partial charge in [-0.15, -0.1) is 0 Å². The number of nitrogens with zero attached hydrogens (tertiary/aromatic N) is 2. The molecule has 21 heavy (non-hydrogen) atoms. The topological polar surface area (TPSA) is 56.0 Å². The molecule has 3 rings (SSSR count). The first-order valence-electron chi connectivity index (χ1n) is 6.94. The Morgan fingerprint density at radius 1 is 1.38 bits per heavy atom. The Kier molecular flexibility index (Phi) is 4.01. The molecule has 0 saturated heterocycles. The van der Waals surface area contributed by atoms with Crippen LogP contribution in [0.3, 0.4) is 0 Å². The molecule has 0 N–H and O–H groups in total. The van der Waals surface area contributed by atoms with E-state index in [1.165, 1.54) is 12.1 Å². The van der Waals surface area contributed by atoms with E-state index in [4.69, 9.17) is 16.1 Å². The lowest BCUT2D eigenvalue weighted by atomic mass is 9.86. The largest absolute Gasteiger partial charge is 0.339 e. The van der Waals surface area contributed by atoms with E-state index >= 15 is 0 Å². The van der Waals surface area contributed by atoms with Gasteiger partial charge >= 0.3 is 0 Å². The van der Waals surface area contributed by atoms with E-state index in [1.807, 2.05) is 0 Å². The maximum Gasteiger partial charge on any atom is 0.227 e. The number of ketones is 1. The first kappa shape index (κ1) is 14.2. The van der Waals surface area contributed by atoms with Crippen LogP contribution in [0.15, 0.2) is 22.7 Å². The van der Waals surface area contributed by atoms with Crippen molar-refractivity contribution in [1.82, 2.24) is 10.1 Å². The molecule has 1 fully saturated rings. The number of halogens is 2. The Morgan fingerprint density at radius 2 is 2.24 bits per heavy atom. The van der Waals surface area contributed by atoms with Crippen LogP contribution in [0.2, 0.25) is 5.02 Å². The van der Waals surface area contributed by atoms with Gasteiger partial charge in [0.2, 0.25) is 11.7 Å². The van der Waals surface area contributed by atoms with Gasteiger partial charge in [0, 0.05) is 24.3 Å². The molecule has 0 amide bonds. The summed E-state index contributed by atoms with van der Waals surface area (Å²) in [7, 11) is 0. The molecule has 1 atom stereocenters. The molecule has 4 nitrogen and oxygen atoms in total. The van der Waals surface area contributed by atoms with Gasteiger partial charge in [-0.1, -0.05) is 23.2 Å². The van der Waals surface area contributed by atoms with Crippen LogP contribution in [-0.4, -0.2) is 15.9 Å². The van der Waals surface area contributed by atoms with Gasteiger partial charge in [-0.05, 0) is 31.0 Å². The Morgan fingerprint density at radius 3 is 3.00 bits per heavy atom. The third kappa shape index (κ3) is 3.13. The van der Waals surface area contributed by atoms with Crippen molar-refractivity contribution in [3.63, 3.8) is 0 Å². The molecule has 110 valence electrons. The average Bonchev–Trinajstić information content (AvgIpc) is 2.93. The van der Waals surface area contributed by atoms with Crippen molar-refractivity contribution >= 4 is 17.4 Å². The summed E-state index contributed by atoms with van der Waals surface area (Å²) in [5.74, 6) is 0.549. The molecule has 2 aromatic rings. The molecular weight excluding hydrogens is 295 g/mol. The smallest absolute Gasteiger partial charge is 0.227 e. The third-order valence-electron chi connectivity index (χ3n) is 3.75. The van der Waals surface area contributed by atoms with Crippen molar-refractivity contribution < 1.29 is 13.7 Å². The van der Waals surface area contributed by atoms with E-state index in [0.717, 1.165) is 19.3 Å². The van der Waals surface area contributed by atoms with Crippen molar-refractivity contribution in [2.45, 2.75) is 32.1 Å². The monoisotopic (exact) mass is 308 g/mol. The summed E-state index contributed by atoms with van der Waals surface area (Å²) in [5, 5.41) is 3.88. The molecule has 1 aromatic heterocycles. The fraction of sp³-hybridized carbons (Fsp3) is 0.400. The maximum atomic E-state index is 13.1. The molecule has 0 bridgehead atoms. The van der Waals surface area contributed by atoms with Gasteiger partial charge in [0.05, 0.1) is 5.02 Å². The van der Waals surface area contributed by atoms with Crippen LogP contribution in [0.4, 0.5) is 4.39 Å². The van der Waals surface area contributed by atoms with Crippen molar-refractivity contribution in [3.05, 3.63) is 34.9 Å². The number of rotatable bonds is 3. The number of benzene rings is 1. The summed E-state index contributed by atoms with van der Waals surface area (Å²) >= 11 is 5.74. The normalized spacial score (nSPS) is 19.0. The minimum Gasteiger partial charge on any atom is -0.339 e. The van der Waals surface area contributed by atoms with Crippen LogP contribution in [0.25, 0.3) is 11.4 Å². The van der Waals surface area contributed by atoms with E-state index in [0.29, 0.717) is 30.1 Å². The van der Waals surface area contributed by atoms with Crippen LogP contribution in [0, 0.1) is 11.7 Å². The second kappa shape index (κ2) is 5.93. The quantitative estimate of drug-likeness (QED) is 0.864. The highest BCUT2D eigenvalue weighted by Crippen LogP contribution is 2.26. The van der Waals surface area contributed by atoms with Gasteiger partial charge in [0.15, 0.2) is 0 Å². The Hall–Kier alpha value is -1.75. The van der Waals surface area contributed by atoms with Gasteiger partial charge in [0.1, 0.15) is 11.6 Å². The minimum absolute atomic E-state index is 0.0151. The number of Topliss-reactive ketones (excluding diaryl/α,β-unsaturated/α-hetero) is 1. The summed E-state index contributed by atoms with van der Waals surface area (Å²) in [4.78, 5) is 16.1. The van der Waals surface area contributed by atoms with Crippen LogP contribution >= 0.6 is 11.6 Å². The number of hydrogen-bond donors (Lipinski definition) is 0. The lowest BCUT2D eigenvalue weighted by Crippen LogP contribution is -2.21. The van der Waals surface area contributed by atoms with E-state index < -0.39 is 5.82 Å². The predicted octanol–water partition coefficient (Wildman–Crippen LogP) is 3.83. The number of hydrogen-bond acceptors (Lipinski definition) is 4. The summed E-state index contributed by atoms with van der Waals surface area (Å²) < 4.78 is 18.3. The standard InChI is InChI=1S/C15H14ClFN2O2/c16-11-7-10(5-6-12(11)17)15-18-14(21-19-15)8-9-3-1-2-4-13(9)20/h5-7,9H,1-4,8H2. The van der Waals surface area contributed by atoms with E-state index in [9.17, 15) is 9.18 Å². The molecule has 1 unspecified atom stereocenters. The maximum absolute atomic E-state index is 13.1. The van der Waals surface area contributed by atoms with Crippen LogP contribution < -0.4 is 0 Å². The Balaban J connectivity index is 1.76. The van der Waals surface area contributed by atoms with E-state index in [2.05, 4.69) is 10.1 Å². The first-order chi connectivity index (χ1) is 10.1. The van der Waals surface area contributed by atoms with Crippen molar-refractivity contribution in [1.29, 1.82) is 0 Å². The van der Waals surface area contributed by atoms with Crippen molar-refractivity contribution in [2.75, 3.05) is 0 Å². The Labute approximate surface area is 126 Å².